The van der Waals surface area contributed by atoms with Crippen LogP contribution in [0.4, 0.5) is 5.13 Å². The Balaban J connectivity index is 1.55. The lowest BCUT2D eigenvalue weighted by atomic mass is 10.0. The van der Waals surface area contributed by atoms with Gasteiger partial charge in [0.25, 0.3) is 0 Å². The van der Waals surface area contributed by atoms with Gasteiger partial charge in [0.2, 0.25) is 0 Å². The third-order valence-electron chi connectivity index (χ3n) is 4.48. The van der Waals surface area contributed by atoms with E-state index in [1.54, 1.807) is 18.3 Å². The van der Waals surface area contributed by atoms with E-state index in [0.717, 1.165) is 32.7 Å². The average molecular weight is 404 g/mol. The van der Waals surface area contributed by atoms with Crippen LogP contribution < -0.4 is 10.5 Å². The molecular weight excluding hydrogens is 382 g/mol. The summed E-state index contributed by atoms with van der Waals surface area (Å²) >= 11 is 1.45. The first-order valence-electron chi connectivity index (χ1n) is 9.38. The van der Waals surface area contributed by atoms with E-state index in [1.165, 1.54) is 11.3 Å². The summed E-state index contributed by atoms with van der Waals surface area (Å²) in [7, 11) is 0. The van der Waals surface area contributed by atoms with Crippen LogP contribution in [0.5, 0.6) is 5.75 Å². The van der Waals surface area contributed by atoms with Gasteiger partial charge in [0.1, 0.15) is 5.75 Å². The van der Waals surface area contributed by atoms with Crippen molar-refractivity contribution in [3.63, 3.8) is 0 Å². The number of pyridine rings is 1. The molecule has 6 heteroatoms. The van der Waals surface area contributed by atoms with Gasteiger partial charge in [-0.3, -0.25) is 9.78 Å². The maximum absolute atomic E-state index is 12.7. The SMILES string of the molecule is CC(C)Oc1ccc(C(=O)Cc2cc3cc(-c4cnc(N)s4)ccc3cn2)cc1. The maximum Gasteiger partial charge on any atom is 0.180 e. The van der Waals surface area contributed by atoms with Gasteiger partial charge >= 0.3 is 0 Å². The highest BCUT2D eigenvalue weighted by Crippen LogP contribution is 2.30. The van der Waals surface area contributed by atoms with Crippen molar-refractivity contribution in [1.82, 2.24) is 9.97 Å². The largest absolute Gasteiger partial charge is 0.491 e. The Hall–Kier alpha value is -3.25. The van der Waals surface area contributed by atoms with E-state index >= 15 is 0 Å². The van der Waals surface area contributed by atoms with Crippen molar-refractivity contribution in [2.75, 3.05) is 5.73 Å². The molecule has 0 bridgehead atoms. The number of benzene rings is 2. The Kier molecular flexibility index (Phi) is 5.27. The Morgan fingerprint density at radius 2 is 1.83 bits per heavy atom. The number of carbonyl (C=O) groups is 1. The van der Waals surface area contributed by atoms with Gasteiger partial charge in [-0.1, -0.05) is 23.5 Å². The highest BCUT2D eigenvalue weighted by molar-refractivity contribution is 7.18. The minimum Gasteiger partial charge on any atom is -0.491 e. The lowest BCUT2D eigenvalue weighted by molar-refractivity contribution is 0.0992. The molecular formula is C23H21N3O2S. The van der Waals surface area contributed by atoms with Gasteiger partial charge in [0, 0.05) is 29.0 Å². The molecule has 146 valence electrons. The van der Waals surface area contributed by atoms with Gasteiger partial charge in [0.05, 0.1) is 17.4 Å². The topological polar surface area (TPSA) is 78.1 Å². The first-order valence-corrected chi connectivity index (χ1v) is 10.2. The van der Waals surface area contributed by atoms with Crippen LogP contribution in [0, 0.1) is 0 Å². The zero-order valence-corrected chi connectivity index (χ0v) is 17.1. The number of nitrogens with two attached hydrogens (primary N) is 1. The van der Waals surface area contributed by atoms with E-state index in [9.17, 15) is 4.79 Å². The summed E-state index contributed by atoms with van der Waals surface area (Å²) in [6, 6.07) is 15.4. The number of carbonyl (C=O) groups excluding carboxylic acids is 1. The molecule has 4 aromatic rings. The molecule has 2 heterocycles. The fourth-order valence-corrected chi connectivity index (χ4v) is 3.80. The van der Waals surface area contributed by atoms with Gasteiger partial charge in [0.15, 0.2) is 10.9 Å². The number of anilines is 1. The predicted molar refractivity (Wildman–Crippen MR) is 118 cm³/mol. The molecule has 0 fully saturated rings. The number of ketones is 1. The van der Waals surface area contributed by atoms with E-state index in [0.29, 0.717) is 10.7 Å². The molecule has 2 aromatic heterocycles. The molecule has 0 saturated carbocycles. The number of nitrogen functional groups attached to an aromatic ring is 1. The maximum atomic E-state index is 12.7. The van der Waals surface area contributed by atoms with Gasteiger partial charge in [-0.15, -0.1) is 0 Å². The molecule has 0 radical (unpaired) electrons. The summed E-state index contributed by atoms with van der Waals surface area (Å²) in [6.45, 7) is 3.94. The third-order valence-corrected chi connectivity index (χ3v) is 5.35. The van der Waals surface area contributed by atoms with Crippen molar-refractivity contribution < 1.29 is 9.53 Å². The second kappa shape index (κ2) is 8.01. The van der Waals surface area contributed by atoms with E-state index in [1.807, 2.05) is 50.4 Å². The normalized spacial score (nSPS) is 11.1. The highest BCUT2D eigenvalue weighted by atomic mass is 32.1. The van der Waals surface area contributed by atoms with Crippen LogP contribution in [0.3, 0.4) is 0 Å². The van der Waals surface area contributed by atoms with E-state index in [-0.39, 0.29) is 18.3 Å². The zero-order chi connectivity index (χ0) is 20.4. The van der Waals surface area contributed by atoms with E-state index in [2.05, 4.69) is 16.0 Å². The molecule has 0 aliphatic rings. The van der Waals surface area contributed by atoms with E-state index < -0.39 is 0 Å². The first-order chi connectivity index (χ1) is 14.0. The number of Topliss-reactive ketones (excluding diaryl/α,β-unsaturated/α-hetero) is 1. The Morgan fingerprint density at radius 3 is 2.52 bits per heavy atom. The van der Waals surface area contributed by atoms with Gasteiger partial charge in [-0.25, -0.2) is 4.98 Å². The van der Waals surface area contributed by atoms with Gasteiger partial charge in [-0.2, -0.15) is 0 Å². The standard InChI is InChI=1S/C23H21N3O2S/c1-14(2)28-20-7-5-15(6-8-20)21(27)11-19-10-18-9-16(3-4-17(18)12-25-19)22-13-26-23(24)29-22/h3-10,12-14H,11H2,1-2H3,(H2,24,26). The quantitative estimate of drug-likeness (QED) is 0.450. The molecule has 5 nitrogen and oxygen atoms in total. The zero-order valence-electron chi connectivity index (χ0n) is 16.3. The predicted octanol–water partition coefficient (Wildman–Crippen LogP) is 5.15. The average Bonchev–Trinajstić information content (AvgIpc) is 3.14. The molecule has 2 N–H and O–H groups in total. The number of aromatic nitrogens is 2. The summed E-state index contributed by atoms with van der Waals surface area (Å²) in [5.74, 6) is 0.788. The van der Waals surface area contributed by atoms with Crippen molar-refractivity contribution >= 4 is 33.0 Å². The molecule has 0 amide bonds. The fraction of sp³-hybridized carbons (Fsp3) is 0.174. The van der Waals surface area contributed by atoms with Crippen LogP contribution in [-0.2, 0) is 6.42 Å². The Morgan fingerprint density at radius 1 is 1.03 bits per heavy atom. The molecule has 0 atom stereocenters. The van der Waals surface area contributed by atoms with Crippen LogP contribution in [0.15, 0.2) is 60.9 Å². The summed E-state index contributed by atoms with van der Waals surface area (Å²) in [5, 5.41) is 2.61. The molecule has 4 rings (SSSR count). The fourth-order valence-electron chi connectivity index (χ4n) is 3.12. The minimum atomic E-state index is 0.0272. The van der Waals surface area contributed by atoms with Crippen molar-refractivity contribution in [3.05, 3.63) is 72.2 Å². The third kappa shape index (κ3) is 4.43. The van der Waals surface area contributed by atoms with Crippen molar-refractivity contribution in [1.29, 1.82) is 0 Å². The number of ether oxygens (including phenoxy) is 1. The molecule has 0 unspecified atom stereocenters. The number of thiazole rings is 1. The van der Waals surface area contributed by atoms with Gasteiger partial charge < -0.3 is 10.5 Å². The lowest BCUT2D eigenvalue weighted by Crippen LogP contribution is -2.07. The van der Waals surface area contributed by atoms with Crippen LogP contribution in [-0.4, -0.2) is 21.9 Å². The number of fused-ring (bicyclic) bond motifs is 1. The smallest absolute Gasteiger partial charge is 0.180 e. The number of rotatable bonds is 6. The first kappa shape index (κ1) is 19.1. The second-order valence-corrected chi connectivity index (χ2v) is 8.15. The van der Waals surface area contributed by atoms with Crippen molar-refractivity contribution in [3.8, 4) is 16.2 Å². The van der Waals surface area contributed by atoms with Crippen LogP contribution in [0.1, 0.15) is 29.9 Å². The second-order valence-electron chi connectivity index (χ2n) is 7.09. The summed E-state index contributed by atoms with van der Waals surface area (Å²) in [5.41, 5.74) is 8.19. The molecule has 0 saturated heterocycles. The summed E-state index contributed by atoms with van der Waals surface area (Å²) in [6.07, 6.45) is 3.93. The highest BCUT2D eigenvalue weighted by Gasteiger charge is 2.10. The summed E-state index contributed by atoms with van der Waals surface area (Å²) < 4.78 is 5.63. The van der Waals surface area contributed by atoms with Crippen molar-refractivity contribution in [2.24, 2.45) is 0 Å². The monoisotopic (exact) mass is 403 g/mol. The molecule has 0 spiro atoms. The minimum absolute atomic E-state index is 0.0272. The van der Waals surface area contributed by atoms with Gasteiger partial charge in [-0.05, 0) is 61.2 Å². The number of nitrogens with zero attached hydrogens (tertiary/aromatic N) is 2. The Labute approximate surface area is 173 Å². The summed E-state index contributed by atoms with van der Waals surface area (Å²) in [4.78, 5) is 22.3. The van der Waals surface area contributed by atoms with Crippen LogP contribution in [0.25, 0.3) is 21.2 Å². The molecule has 0 aliphatic heterocycles. The van der Waals surface area contributed by atoms with Crippen LogP contribution in [0.2, 0.25) is 0 Å². The lowest BCUT2D eigenvalue weighted by Gasteiger charge is -2.10. The molecule has 0 aliphatic carbocycles. The number of hydrogen-bond donors (Lipinski definition) is 1. The van der Waals surface area contributed by atoms with Crippen LogP contribution >= 0.6 is 11.3 Å². The van der Waals surface area contributed by atoms with E-state index in [4.69, 9.17) is 10.5 Å². The van der Waals surface area contributed by atoms with Crippen molar-refractivity contribution in [2.45, 2.75) is 26.4 Å². The number of hydrogen-bond acceptors (Lipinski definition) is 6. The Bertz CT molecular complexity index is 1170. The molecule has 2 aromatic carbocycles. The molecule has 29 heavy (non-hydrogen) atoms.